The van der Waals surface area contributed by atoms with Gasteiger partial charge in [-0.2, -0.15) is 0 Å². The summed E-state index contributed by atoms with van der Waals surface area (Å²) in [7, 11) is 0. The first-order valence-electron chi connectivity index (χ1n) is 7.30. The van der Waals surface area contributed by atoms with E-state index in [9.17, 15) is 4.79 Å². The first-order chi connectivity index (χ1) is 10.3. The van der Waals surface area contributed by atoms with Crippen molar-refractivity contribution in [2.75, 3.05) is 6.61 Å². The lowest BCUT2D eigenvalue weighted by Crippen LogP contribution is -2.34. The van der Waals surface area contributed by atoms with Crippen LogP contribution in [0.5, 0.6) is 0 Å². The third-order valence-electron chi connectivity index (χ3n) is 2.88. The molecule has 122 valence electrons. The lowest BCUT2D eigenvalue weighted by atomic mass is 10.2. The number of hydrogen-bond donors (Lipinski definition) is 1. The number of aliphatic imine (C=N–C) groups is 1. The van der Waals surface area contributed by atoms with Gasteiger partial charge in [0.05, 0.1) is 22.7 Å². The van der Waals surface area contributed by atoms with Crippen molar-refractivity contribution >= 4 is 35.1 Å². The van der Waals surface area contributed by atoms with Crippen LogP contribution in [0.15, 0.2) is 23.2 Å². The minimum absolute atomic E-state index is 0.0660. The van der Waals surface area contributed by atoms with Crippen LogP contribution in [0.4, 0.5) is 0 Å². The number of ether oxygens (including phenoxy) is 1. The summed E-state index contributed by atoms with van der Waals surface area (Å²) in [4.78, 5) is 16.6. The molecule has 0 aromatic heterocycles. The van der Waals surface area contributed by atoms with Crippen molar-refractivity contribution in [2.24, 2.45) is 10.9 Å². The summed E-state index contributed by atoms with van der Waals surface area (Å²) < 4.78 is 5.58. The smallest absolute Gasteiger partial charge is 0.291 e. The quantitative estimate of drug-likeness (QED) is 0.629. The van der Waals surface area contributed by atoms with E-state index in [0.717, 1.165) is 6.42 Å². The predicted molar refractivity (Wildman–Crippen MR) is 91.9 cm³/mol. The molecule has 22 heavy (non-hydrogen) atoms. The zero-order valence-electron chi connectivity index (χ0n) is 13.3. The monoisotopic (exact) mass is 344 g/mol. The highest BCUT2D eigenvalue weighted by Gasteiger charge is 2.13. The number of rotatable bonds is 5. The fourth-order valence-electron chi connectivity index (χ4n) is 1.45. The molecule has 0 saturated heterocycles. The molecule has 1 amide bonds. The summed E-state index contributed by atoms with van der Waals surface area (Å²) in [5.74, 6) is 0.00777. The highest BCUT2D eigenvalue weighted by molar-refractivity contribution is 6.42. The number of carbonyl (C=O) groups is 1. The molecular weight excluding hydrogens is 323 g/mol. The number of benzene rings is 1. The van der Waals surface area contributed by atoms with Crippen LogP contribution in [0.25, 0.3) is 0 Å². The highest BCUT2D eigenvalue weighted by atomic mass is 35.5. The fraction of sp³-hybridized carbons (Fsp3) is 0.500. The van der Waals surface area contributed by atoms with Crippen LogP contribution in [0, 0.1) is 5.92 Å². The first-order valence-corrected chi connectivity index (χ1v) is 8.06. The number of halogens is 2. The van der Waals surface area contributed by atoms with Gasteiger partial charge in [0.25, 0.3) is 11.9 Å². The Hall–Kier alpha value is -1.26. The molecule has 1 rings (SSSR count). The minimum atomic E-state index is -0.329. The molecule has 0 fully saturated rings. The number of hydrogen-bond acceptors (Lipinski definition) is 3. The number of amidine groups is 1. The van der Waals surface area contributed by atoms with Crippen LogP contribution >= 0.6 is 23.2 Å². The van der Waals surface area contributed by atoms with Crippen molar-refractivity contribution in [2.45, 2.75) is 40.2 Å². The van der Waals surface area contributed by atoms with Gasteiger partial charge in [-0.15, -0.1) is 0 Å². The Balaban J connectivity index is 2.85. The van der Waals surface area contributed by atoms with Gasteiger partial charge < -0.3 is 4.74 Å². The third kappa shape index (κ3) is 6.24. The van der Waals surface area contributed by atoms with E-state index >= 15 is 0 Å². The van der Waals surface area contributed by atoms with E-state index in [1.807, 2.05) is 27.7 Å². The van der Waals surface area contributed by atoms with E-state index in [2.05, 4.69) is 10.3 Å². The minimum Gasteiger partial charge on any atom is -0.465 e. The maximum absolute atomic E-state index is 12.3. The van der Waals surface area contributed by atoms with Crippen LogP contribution in [0.1, 0.15) is 44.5 Å². The van der Waals surface area contributed by atoms with Crippen molar-refractivity contribution in [1.82, 2.24) is 5.32 Å². The SMILES string of the molecule is CC[C@H](C)N=C(NC(=O)c1ccc(Cl)c(Cl)c1)OCC(C)C. The number of nitrogens with one attached hydrogen (secondary N) is 1. The van der Waals surface area contributed by atoms with Gasteiger partial charge in [-0.25, -0.2) is 4.99 Å². The number of nitrogens with zero attached hydrogens (tertiary/aromatic N) is 1. The summed E-state index contributed by atoms with van der Waals surface area (Å²) in [5.41, 5.74) is 0.402. The largest absolute Gasteiger partial charge is 0.465 e. The number of amides is 1. The molecule has 0 saturated carbocycles. The molecular formula is C16H22Cl2N2O2. The van der Waals surface area contributed by atoms with Gasteiger partial charge in [-0.1, -0.05) is 44.0 Å². The Morgan fingerprint density at radius 2 is 1.95 bits per heavy atom. The maximum atomic E-state index is 12.3. The van der Waals surface area contributed by atoms with Gasteiger partial charge in [0.2, 0.25) is 0 Å². The van der Waals surface area contributed by atoms with E-state index in [1.165, 1.54) is 6.07 Å². The second-order valence-corrected chi connectivity index (χ2v) is 6.29. The van der Waals surface area contributed by atoms with E-state index in [4.69, 9.17) is 27.9 Å². The summed E-state index contributed by atoms with van der Waals surface area (Å²) >= 11 is 11.8. The molecule has 0 heterocycles. The Morgan fingerprint density at radius 3 is 2.50 bits per heavy atom. The molecule has 0 aliphatic rings. The Labute approximate surface area is 141 Å². The molecule has 1 aromatic rings. The van der Waals surface area contributed by atoms with Gasteiger partial charge in [-0.3, -0.25) is 10.1 Å². The molecule has 4 nitrogen and oxygen atoms in total. The van der Waals surface area contributed by atoms with Crippen molar-refractivity contribution in [3.05, 3.63) is 33.8 Å². The Kier molecular flexibility index (Phi) is 7.69. The van der Waals surface area contributed by atoms with Crippen LogP contribution in [0.3, 0.4) is 0 Å². The zero-order chi connectivity index (χ0) is 16.7. The van der Waals surface area contributed by atoms with Crippen LogP contribution in [-0.2, 0) is 4.74 Å². The van der Waals surface area contributed by atoms with Gasteiger partial charge in [0, 0.05) is 5.56 Å². The van der Waals surface area contributed by atoms with Gasteiger partial charge >= 0.3 is 0 Å². The zero-order valence-corrected chi connectivity index (χ0v) is 14.8. The molecule has 0 aliphatic carbocycles. The lowest BCUT2D eigenvalue weighted by molar-refractivity contribution is 0.0963. The van der Waals surface area contributed by atoms with Crippen LogP contribution in [0.2, 0.25) is 10.0 Å². The van der Waals surface area contributed by atoms with E-state index in [1.54, 1.807) is 12.1 Å². The first kappa shape index (κ1) is 18.8. The topological polar surface area (TPSA) is 50.7 Å². The second-order valence-electron chi connectivity index (χ2n) is 5.48. The van der Waals surface area contributed by atoms with E-state index in [-0.39, 0.29) is 18.0 Å². The number of carbonyl (C=O) groups excluding carboxylic acids is 1. The Morgan fingerprint density at radius 1 is 1.27 bits per heavy atom. The molecule has 0 radical (unpaired) electrons. The van der Waals surface area contributed by atoms with Gasteiger partial charge in [-0.05, 0) is 37.5 Å². The molecule has 0 bridgehead atoms. The van der Waals surface area contributed by atoms with Crippen molar-refractivity contribution in [3.8, 4) is 0 Å². The third-order valence-corrected chi connectivity index (χ3v) is 3.62. The summed E-state index contributed by atoms with van der Waals surface area (Å²) in [6.07, 6.45) is 0.858. The average Bonchev–Trinajstić information content (AvgIpc) is 2.47. The van der Waals surface area contributed by atoms with E-state index < -0.39 is 0 Å². The van der Waals surface area contributed by atoms with Crippen LogP contribution < -0.4 is 5.32 Å². The summed E-state index contributed by atoms with van der Waals surface area (Å²) in [5, 5.41) is 3.42. The van der Waals surface area contributed by atoms with Crippen molar-refractivity contribution in [3.63, 3.8) is 0 Å². The molecule has 0 unspecified atom stereocenters. The van der Waals surface area contributed by atoms with Crippen LogP contribution in [-0.4, -0.2) is 24.6 Å². The highest BCUT2D eigenvalue weighted by Crippen LogP contribution is 2.22. The normalized spacial score (nSPS) is 13.1. The molecule has 0 aliphatic heterocycles. The molecule has 0 spiro atoms. The molecule has 6 heteroatoms. The Bertz CT molecular complexity index is 545. The fourth-order valence-corrected chi connectivity index (χ4v) is 1.75. The summed E-state index contributed by atoms with van der Waals surface area (Å²) in [6.45, 7) is 8.53. The van der Waals surface area contributed by atoms with Gasteiger partial charge in [0.1, 0.15) is 0 Å². The molecule has 1 N–H and O–H groups in total. The van der Waals surface area contributed by atoms with Crippen molar-refractivity contribution in [1.29, 1.82) is 0 Å². The summed E-state index contributed by atoms with van der Waals surface area (Å²) in [6, 6.07) is 5.00. The molecule has 1 aromatic carbocycles. The second kappa shape index (κ2) is 9.01. The standard InChI is InChI=1S/C16H22Cl2N2O2/c1-5-11(4)19-16(22-9-10(2)3)20-15(21)12-6-7-13(17)14(18)8-12/h6-8,10-11H,5,9H2,1-4H3,(H,19,20,21)/t11-/m0/s1. The molecule has 1 atom stereocenters. The predicted octanol–water partition coefficient (Wildman–Crippen LogP) is 4.55. The van der Waals surface area contributed by atoms with Gasteiger partial charge in [0.15, 0.2) is 0 Å². The maximum Gasteiger partial charge on any atom is 0.291 e. The van der Waals surface area contributed by atoms with E-state index in [0.29, 0.717) is 28.1 Å². The van der Waals surface area contributed by atoms with Crippen molar-refractivity contribution < 1.29 is 9.53 Å². The lowest BCUT2D eigenvalue weighted by Gasteiger charge is -2.14. The average molecular weight is 345 g/mol.